The predicted molar refractivity (Wildman–Crippen MR) is 87.6 cm³/mol. The summed E-state index contributed by atoms with van der Waals surface area (Å²) in [7, 11) is 0. The van der Waals surface area contributed by atoms with Gasteiger partial charge in [0.25, 0.3) is 5.91 Å². The van der Waals surface area contributed by atoms with E-state index in [1.807, 2.05) is 46.7 Å². The van der Waals surface area contributed by atoms with Crippen molar-refractivity contribution in [3.63, 3.8) is 0 Å². The van der Waals surface area contributed by atoms with Crippen LogP contribution in [0.1, 0.15) is 22.5 Å². The molecule has 0 atom stereocenters. The van der Waals surface area contributed by atoms with Gasteiger partial charge in [0.05, 0.1) is 4.88 Å². The van der Waals surface area contributed by atoms with Gasteiger partial charge in [-0.1, -0.05) is 30.3 Å². The number of benzene rings is 1. The molecular formula is C17H18N2O2S. The molecule has 2 heterocycles. The van der Waals surface area contributed by atoms with Crippen molar-refractivity contribution in [3.8, 4) is 11.1 Å². The van der Waals surface area contributed by atoms with E-state index in [0.29, 0.717) is 25.9 Å². The predicted octanol–water partition coefficient (Wildman–Crippen LogP) is 2.75. The van der Waals surface area contributed by atoms with Crippen LogP contribution in [0.15, 0.2) is 41.8 Å². The maximum Gasteiger partial charge on any atom is 0.264 e. The summed E-state index contributed by atoms with van der Waals surface area (Å²) in [6, 6.07) is 11.9. The van der Waals surface area contributed by atoms with Gasteiger partial charge in [-0.3, -0.25) is 9.59 Å². The summed E-state index contributed by atoms with van der Waals surface area (Å²) in [4.78, 5) is 26.6. The lowest BCUT2D eigenvalue weighted by Crippen LogP contribution is -2.41. The van der Waals surface area contributed by atoms with Gasteiger partial charge in [0.1, 0.15) is 0 Å². The molecule has 2 N–H and O–H groups in total. The highest BCUT2D eigenvalue weighted by Crippen LogP contribution is 2.30. The number of nitrogens with two attached hydrogens (primary N) is 1. The zero-order valence-electron chi connectivity index (χ0n) is 12.2. The molecule has 3 rings (SSSR count). The van der Waals surface area contributed by atoms with Crippen molar-refractivity contribution in [3.05, 3.63) is 46.7 Å². The Hall–Kier alpha value is -2.14. The number of rotatable bonds is 3. The van der Waals surface area contributed by atoms with Crippen LogP contribution < -0.4 is 5.73 Å². The lowest BCUT2D eigenvalue weighted by atomic mass is 9.96. The molecule has 1 aliphatic rings. The van der Waals surface area contributed by atoms with Crippen molar-refractivity contribution in [1.29, 1.82) is 0 Å². The highest BCUT2D eigenvalue weighted by atomic mass is 32.1. The molecule has 0 aliphatic carbocycles. The number of hydrogen-bond donors (Lipinski definition) is 1. The molecule has 1 saturated heterocycles. The number of thiophene rings is 1. The molecule has 1 aromatic carbocycles. The normalized spacial score (nSPS) is 15.7. The average Bonchev–Trinajstić information content (AvgIpc) is 3.04. The summed E-state index contributed by atoms with van der Waals surface area (Å²) in [6.45, 7) is 1.19. The van der Waals surface area contributed by atoms with Gasteiger partial charge in [-0.2, -0.15) is 0 Å². The summed E-state index contributed by atoms with van der Waals surface area (Å²) >= 11 is 1.47. The Labute approximate surface area is 133 Å². The van der Waals surface area contributed by atoms with E-state index in [9.17, 15) is 9.59 Å². The van der Waals surface area contributed by atoms with E-state index in [2.05, 4.69) is 0 Å². The number of nitrogens with zero attached hydrogens (tertiary/aromatic N) is 1. The maximum atomic E-state index is 12.8. The Bertz CT molecular complexity index is 673. The van der Waals surface area contributed by atoms with E-state index in [0.717, 1.165) is 16.0 Å². The Kier molecular flexibility index (Phi) is 4.24. The number of piperidine rings is 1. The number of primary amides is 1. The molecule has 2 aromatic rings. The highest BCUT2D eigenvalue weighted by molar-refractivity contribution is 7.12. The first-order chi connectivity index (χ1) is 10.7. The first-order valence-electron chi connectivity index (χ1n) is 7.38. The molecule has 114 valence electrons. The number of carbonyl (C=O) groups is 2. The molecule has 0 radical (unpaired) electrons. The Balaban J connectivity index is 1.77. The Morgan fingerprint density at radius 2 is 1.77 bits per heavy atom. The first-order valence-corrected chi connectivity index (χ1v) is 8.26. The van der Waals surface area contributed by atoms with Crippen LogP contribution in [0, 0.1) is 5.92 Å². The van der Waals surface area contributed by atoms with Gasteiger partial charge in [-0.05, 0) is 29.9 Å². The lowest BCUT2D eigenvalue weighted by Gasteiger charge is -2.30. The molecule has 0 bridgehead atoms. The van der Waals surface area contributed by atoms with Gasteiger partial charge in [0.15, 0.2) is 0 Å². The van der Waals surface area contributed by atoms with Gasteiger partial charge in [0, 0.05) is 24.6 Å². The second-order valence-corrected chi connectivity index (χ2v) is 6.41. The zero-order chi connectivity index (χ0) is 15.5. The van der Waals surface area contributed by atoms with Gasteiger partial charge in [0.2, 0.25) is 5.91 Å². The van der Waals surface area contributed by atoms with Crippen molar-refractivity contribution in [1.82, 2.24) is 4.90 Å². The minimum Gasteiger partial charge on any atom is -0.369 e. The summed E-state index contributed by atoms with van der Waals surface area (Å²) < 4.78 is 0. The molecule has 22 heavy (non-hydrogen) atoms. The summed E-state index contributed by atoms with van der Waals surface area (Å²) in [5.74, 6) is -0.300. The van der Waals surface area contributed by atoms with Crippen molar-refractivity contribution in [2.75, 3.05) is 13.1 Å². The van der Waals surface area contributed by atoms with Gasteiger partial charge >= 0.3 is 0 Å². The van der Waals surface area contributed by atoms with Crippen LogP contribution in [0.25, 0.3) is 11.1 Å². The van der Waals surface area contributed by atoms with E-state index >= 15 is 0 Å². The third-order valence-electron chi connectivity index (χ3n) is 4.13. The number of carbonyl (C=O) groups excluding carboxylic acids is 2. The Morgan fingerprint density at radius 1 is 1.09 bits per heavy atom. The minimum absolute atomic E-state index is 0.0526. The molecule has 1 aliphatic heterocycles. The maximum absolute atomic E-state index is 12.8. The SMILES string of the molecule is NC(=O)C1CCN(C(=O)c2sccc2-c2ccccc2)CC1. The van der Waals surface area contributed by atoms with E-state index in [1.165, 1.54) is 11.3 Å². The average molecular weight is 314 g/mol. The molecule has 1 fully saturated rings. The fourth-order valence-electron chi connectivity index (χ4n) is 2.83. The standard InChI is InChI=1S/C17H18N2O2S/c18-16(20)13-6-9-19(10-7-13)17(21)15-14(8-11-22-15)12-4-2-1-3-5-12/h1-5,8,11,13H,6-7,9-10H2,(H2,18,20). The van der Waals surface area contributed by atoms with Gasteiger partial charge < -0.3 is 10.6 Å². The second kappa shape index (κ2) is 6.32. The molecule has 0 unspecified atom stereocenters. The third-order valence-corrected chi connectivity index (χ3v) is 5.03. The molecule has 1 aromatic heterocycles. The van der Waals surface area contributed by atoms with Crippen molar-refractivity contribution >= 4 is 23.2 Å². The Morgan fingerprint density at radius 3 is 2.41 bits per heavy atom. The van der Waals surface area contributed by atoms with Crippen LogP contribution in [0.3, 0.4) is 0 Å². The first kappa shape index (κ1) is 14.8. The molecule has 4 nitrogen and oxygen atoms in total. The quantitative estimate of drug-likeness (QED) is 0.947. The minimum atomic E-state index is -0.256. The fraction of sp³-hybridized carbons (Fsp3) is 0.294. The van der Waals surface area contributed by atoms with Crippen LogP contribution in [0.5, 0.6) is 0 Å². The molecule has 5 heteroatoms. The summed E-state index contributed by atoms with van der Waals surface area (Å²) in [5, 5.41) is 1.95. The van der Waals surface area contributed by atoms with Crippen molar-refractivity contribution < 1.29 is 9.59 Å². The van der Waals surface area contributed by atoms with Gasteiger partial charge in [-0.25, -0.2) is 0 Å². The molecule has 2 amide bonds. The lowest BCUT2D eigenvalue weighted by molar-refractivity contribution is -0.123. The smallest absolute Gasteiger partial charge is 0.264 e. The van der Waals surface area contributed by atoms with E-state index in [-0.39, 0.29) is 17.7 Å². The number of amides is 2. The van der Waals surface area contributed by atoms with Crippen LogP contribution in [0.4, 0.5) is 0 Å². The van der Waals surface area contributed by atoms with Crippen LogP contribution in [-0.4, -0.2) is 29.8 Å². The van der Waals surface area contributed by atoms with Crippen LogP contribution >= 0.6 is 11.3 Å². The fourth-order valence-corrected chi connectivity index (χ4v) is 3.71. The van der Waals surface area contributed by atoms with Crippen molar-refractivity contribution in [2.24, 2.45) is 11.7 Å². The van der Waals surface area contributed by atoms with Crippen LogP contribution in [0.2, 0.25) is 0 Å². The summed E-state index contributed by atoms with van der Waals surface area (Å²) in [6.07, 6.45) is 1.32. The van der Waals surface area contributed by atoms with E-state index < -0.39 is 0 Å². The summed E-state index contributed by atoms with van der Waals surface area (Å²) in [5.41, 5.74) is 7.38. The monoisotopic (exact) mass is 314 g/mol. The molecular weight excluding hydrogens is 296 g/mol. The zero-order valence-corrected chi connectivity index (χ0v) is 13.0. The number of likely N-dealkylation sites (tertiary alicyclic amines) is 1. The van der Waals surface area contributed by atoms with E-state index in [1.54, 1.807) is 0 Å². The second-order valence-electron chi connectivity index (χ2n) is 5.50. The number of hydrogen-bond acceptors (Lipinski definition) is 3. The third kappa shape index (κ3) is 2.90. The molecule has 0 saturated carbocycles. The highest BCUT2D eigenvalue weighted by Gasteiger charge is 2.28. The largest absolute Gasteiger partial charge is 0.369 e. The molecule has 0 spiro atoms. The topological polar surface area (TPSA) is 63.4 Å². The van der Waals surface area contributed by atoms with Crippen LogP contribution in [-0.2, 0) is 4.79 Å². The van der Waals surface area contributed by atoms with Gasteiger partial charge in [-0.15, -0.1) is 11.3 Å². The van der Waals surface area contributed by atoms with Crippen molar-refractivity contribution in [2.45, 2.75) is 12.8 Å². The van der Waals surface area contributed by atoms with E-state index in [4.69, 9.17) is 5.73 Å².